The van der Waals surface area contributed by atoms with Crippen molar-refractivity contribution in [1.82, 2.24) is 9.97 Å². The van der Waals surface area contributed by atoms with Crippen LogP contribution in [0, 0.1) is 0 Å². The lowest BCUT2D eigenvalue weighted by Gasteiger charge is -2.17. The summed E-state index contributed by atoms with van der Waals surface area (Å²) in [6.07, 6.45) is -1.33. The van der Waals surface area contributed by atoms with Crippen molar-refractivity contribution in [2.24, 2.45) is 0 Å². The Morgan fingerprint density at radius 2 is 1.48 bits per heavy atom. The molecule has 0 spiro atoms. The quantitative estimate of drug-likeness (QED) is 0.367. The van der Waals surface area contributed by atoms with Crippen LogP contribution < -0.4 is 5.30 Å². The van der Waals surface area contributed by atoms with E-state index in [4.69, 9.17) is 9.05 Å². The van der Waals surface area contributed by atoms with Gasteiger partial charge in [-0.3, -0.25) is 9.55 Å². The van der Waals surface area contributed by atoms with Gasteiger partial charge >= 0.3 is 13.8 Å². The van der Waals surface area contributed by atoms with Crippen molar-refractivity contribution in [1.29, 1.82) is 0 Å². The van der Waals surface area contributed by atoms with Crippen molar-refractivity contribution < 1.29 is 26.8 Å². The van der Waals surface area contributed by atoms with Crippen LogP contribution in [0.2, 0.25) is 0 Å². The van der Waals surface area contributed by atoms with E-state index in [9.17, 15) is 17.7 Å². The Balaban J connectivity index is 1.87. The summed E-state index contributed by atoms with van der Waals surface area (Å²) < 4.78 is 62.0. The topological polar surface area (TPSA) is 61.3 Å². The molecule has 0 fully saturated rings. The van der Waals surface area contributed by atoms with E-state index in [1.54, 1.807) is 38.1 Å². The fraction of sp³-hybridized carbons (Fsp3) is 0.238. The third kappa shape index (κ3) is 5.74. The Morgan fingerprint density at radius 1 is 0.903 bits per heavy atom. The molecule has 0 bridgehead atoms. The molecule has 2 aromatic carbocycles. The Bertz CT molecular complexity index is 1050. The van der Waals surface area contributed by atoms with E-state index >= 15 is 0 Å². The number of alkyl halides is 3. The van der Waals surface area contributed by atoms with Gasteiger partial charge in [-0.15, -0.1) is 0 Å². The minimum atomic E-state index is -4.38. The summed E-state index contributed by atoms with van der Waals surface area (Å²) in [6.45, 7) is 3.98. The molecule has 5 nitrogen and oxygen atoms in total. The molecule has 1 aromatic heterocycles. The Morgan fingerprint density at radius 3 is 2.03 bits per heavy atom. The van der Waals surface area contributed by atoms with Crippen molar-refractivity contribution in [3.05, 3.63) is 66.5 Å². The Kier molecular flexibility index (Phi) is 7.54. The van der Waals surface area contributed by atoms with Crippen LogP contribution in [0.3, 0.4) is 0 Å². The van der Waals surface area contributed by atoms with Crippen LogP contribution in [-0.2, 0) is 19.8 Å². The van der Waals surface area contributed by atoms with Crippen molar-refractivity contribution in [3.63, 3.8) is 0 Å². The lowest BCUT2D eigenvalue weighted by Crippen LogP contribution is -2.10. The largest absolute Gasteiger partial charge is 0.416 e. The molecule has 164 valence electrons. The highest BCUT2D eigenvalue weighted by Crippen LogP contribution is 2.47. The molecule has 0 aliphatic rings. The summed E-state index contributed by atoms with van der Waals surface area (Å²) in [5.74, 6) is 0. The van der Waals surface area contributed by atoms with Crippen LogP contribution in [0.4, 0.5) is 13.2 Å². The van der Waals surface area contributed by atoms with Crippen LogP contribution >= 0.6 is 19.4 Å². The van der Waals surface area contributed by atoms with E-state index < -0.39 is 19.3 Å². The zero-order valence-corrected chi connectivity index (χ0v) is 18.5. The van der Waals surface area contributed by atoms with Crippen LogP contribution in [0.5, 0.6) is 0 Å². The van der Waals surface area contributed by atoms with E-state index in [1.807, 2.05) is 0 Å². The summed E-state index contributed by atoms with van der Waals surface area (Å²) in [5, 5.41) is 0.966. The standard InChI is InChI=1S/C21H20F3N2O3PS/c1-3-28-30(27,29-4-2)17-9-5-15(6-10-17)19-20(26-14-13-25-19)31-18-11-7-16(8-12-18)21(22,23)24/h5-14H,3-4H2,1-2H3. The first-order chi connectivity index (χ1) is 14.8. The summed E-state index contributed by atoms with van der Waals surface area (Å²) in [4.78, 5) is 9.30. The lowest BCUT2D eigenvalue weighted by atomic mass is 10.2. The highest BCUT2D eigenvalue weighted by molar-refractivity contribution is 7.99. The van der Waals surface area contributed by atoms with E-state index in [0.717, 1.165) is 12.1 Å². The third-order valence-electron chi connectivity index (χ3n) is 4.12. The second kappa shape index (κ2) is 9.96. The Labute approximate surface area is 182 Å². The summed E-state index contributed by atoms with van der Waals surface area (Å²) in [5.41, 5.74) is 0.562. The van der Waals surface area contributed by atoms with Crippen LogP contribution in [0.15, 0.2) is 70.8 Å². The van der Waals surface area contributed by atoms with Crippen molar-refractivity contribution in [3.8, 4) is 11.3 Å². The summed E-state index contributed by atoms with van der Waals surface area (Å²) in [7, 11) is -3.40. The zero-order valence-electron chi connectivity index (χ0n) is 16.8. The fourth-order valence-corrected chi connectivity index (χ4v) is 5.19. The molecular formula is C21H20F3N2O3PS. The SMILES string of the molecule is CCOP(=O)(OCC)c1ccc(-c2nccnc2Sc2ccc(C(F)(F)F)cc2)cc1. The minimum absolute atomic E-state index is 0.247. The van der Waals surface area contributed by atoms with E-state index in [0.29, 0.717) is 26.5 Å². The maximum Gasteiger partial charge on any atom is 0.416 e. The zero-order chi connectivity index (χ0) is 22.5. The fourth-order valence-electron chi connectivity index (χ4n) is 2.75. The van der Waals surface area contributed by atoms with Crippen LogP contribution in [0.25, 0.3) is 11.3 Å². The number of benzene rings is 2. The molecular weight excluding hydrogens is 448 g/mol. The van der Waals surface area contributed by atoms with Gasteiger partial charge < -0.3 is 9.05 Å². The second-order valence-electron chi connectivity index (χ2n) is 6.21. The highest BCUT2D eigenvalue weighted by atomic mass is 32.2. The number of aromatic nitrogens is 2. The van der Waals surface area contributed by atoms with Crippen molar-refractivity contribution in [2.75, 3.05) is 13.2 Å². The molecule has 0 saturated carbocycles. The maximum absolute atomic E-state index is 12.9. The average molecular weight is 468 g/mol. The van der Waals surface area contributed by atoms with Gasteiger partial charge in [0.05, 0.1) is 24.1 Å². The molecule has 3 aromatic rings. The molecule has 0 saturated heterocycles. The Hall–Kier alpha value is -2.19. The van der Waals surface area contributed by atoms with E-state index in [2.05, 4.69) is 9.97 Å². The van der Waals surface area contributed by atoms with Gasteiger partial charge in [0.25, 0.3) is 0 Å². The van der Waals surface area contributed by atoms with Crippen LogP contribution in [-0.4, -0.2) is 23.2 Å². The molecule has 0 N–H and O–H groups in total. The van der Waals surface area contributed by atoms with Gasteiger partial charge in [0.1, 0.15) is 10.7 Å². The van der Waals surface area contributed by atoms with E-state index in [-0.39, 0.29) is 13.2 Å². The number of nitrogens with zero attached hydrogens (tertiary/aromatic N) is 2. The first-order valence-electron chi connectivity index (χ1n) is 9.43. The molecule has 0 amide bonds. The van der Waals surface area contributed by atoms with Gasteiger partial charge in [-0.2, -0.15) is 13.2 Å². The second-order valence-corrected chi connectivity index (χ2v) is 9.30. The van der Waals surface area contributed by atoms with E-state index in [1.165, 1.54) is 36.3 Å². The summed E-state index contributed by atoms with van der Waals surface area (Å²) in [6, 6.07) is 11.6. The number of hydrogen-bond acceptors (Lipinski definition) is 6. The average Bonchev–Trinajstić information content (AvgIpc) is 2.74. The number of rotatable bonds is 8. The van der Waals surface area contributed by atoms with Crippen molar-refractivity contribution in [2.45, 2.75) is 29.9 Å². The predicted octanol–water partition coefficient (Wildman–Crippen LogP) is 6.21. The van der Waals surface area contributed by atoms with Gasteiger partial charge in [-0.05, 0) is 50.2 Å². The van der Waals surface area contributed by atoms with Crippen molar-refractivity contribution >= 4 is 24.7 Å². The molecule has 0 unspecified atom stereocenters. The predicted molar refractivity (Wildman–Crippen MR) is 114 cm³/mol. The third-order valence-corrected chi connectivity index (χ3v) is 7.24. The molecule has 0 aliphatic heterocycles. The van der Waals surface area contributed by atoms with Gasteiger partial charge in [0.15, 0.2) is 0 Å². The molecule has 31 heavy (non-hydrogen) atoms. The molecule has 0 atom stereocenters. The maximum atomic E-state index is 12.9. The van der Waals surface area contributed by atoms with Gasteiger partial charge in [0, 0.05) is 22.9 Å². The van der Waals surface area contributed by atoms with Gasteiger partial charge in [-0.25, -0.2) is 4.98 Å². The number of hydrogen-bond donors (Lipinski definition) is 0. The molecule has 1 heterocycles. The number of halogens is 3. The molecule has 10 heteroatoms. The van der Waals surface area contributed by atoms with Gasteiger partial charge in [-0.1, -0.05) is 23.9 Å². The lowest BCUT2D eigenvalue weighted by molar-refractivity contribution is -0.137. The molecule has 0 aliphatic carbocycles. The first kappa shape index (κ1) is 23.5. The minimum Gasteiger partial charge on any atom is -0.305 e. The molecule has 0 radical (unpaired) electrons. The van der Waals surface area contributed by atoms with Gasteiger partial charge in [0.2, 0.25) is 0 Å². The smallest absolute Gasteiger partial charge is 0.305 e. The first-order valence-corrected chi connectivity index (χ1v) is 11.8. The molecule has 3 rings (SSSR count). The highest BCUT2D eigenvalue weighted by Gasteiger charge is 2.30. The monoisotopic (exact) mass is 468 g/mol. The normalized spacial score (nSPS) is 12.2. The summed E-state index contributed by atoms with van der Waals surface area (Å²) >= 11 is 1.21. The van der Waals surface area contributed by atoms with Crippen LogP contribution in [0.1, 0.15) is 19.4 Å².